The van der Waals surface area contributed by atoms with Crippen molar-refractivity contribution in [1.82, 2.24) is 31.1 Å². The lowest BCUT2D eigenvalue weighted by molar-refractivity contribution is -0.157. The SMILES string of the molecule is CCOC(=O)NN(C(=O)OCC)N(C(=O)OCC)N(C(=O)OCC)C(c1onc(C)c1C1C(C(=O)OCC)=C(C)NC(C)=C1C(=O)OCC)S(=O)(=O)c1ccccc1. The van der Waals surface area contributed by atoms with Crippen LogP contribution in [0.5, 0.6) is 0 Å². The number of carbonyl (C=O) groups excluding carboxylic acids is 6. The molecule has 58 heavy (non-hydrogen) atoms. The molecule has 1 unspecified atom stereocenters. The van der Waals surface area contributed by atoms with Crippen LogP contribution >= 0.6 is 0 Å². The Morgan fingerprint density at radius 1 is 0.724 bits per heavy atom. The number of hydrazine groups is 3. The molecular formula is C36H48N6O15S. The maximum atomic E-state index is 15.2. The van der Waals surface area contributed by atoms with Crippen molar-refractivity contribution in [2.24, 2.45) is 0 Å². The summed E-state index contributed by atoms with van der Waals surface area (Å²) < 4.78 is 67.6. The third-order valence-corrected chi connectivity index (χ3v) is 9.91. The van der Waals surface area contributed by atoms with Gasteiger partial charge in [-0.25, -0.2) is 42.6 Å². The minimum absolute atomic E-state index is 0.0202. The summed E-state index contributed by atoms with van der Waals surface area (Å²) in [6, 6.07) is 6.56. The van der Waals surface area contributed by atoms with Gasteiger partial charge in [0.05, 0.1) is 67.3 Å². The number of sulfone groups is 1. The lowest BCUT2D eigenvalue weighted by atomic mass is 9.79. The van der Waals surface area contributed by atoms with Crippen molar-refractivity contribution in [1.29, 1.82) is 0 Å². The van der Waals surface area contributed by atoms with E-state index < -0.39 is 81.3 Å². The third-order valence-electron chi connectivity index (χ3n) is 7.98. The first-order valence-electron chi connectivity index (χ1n) is 18.2. The molecule has 22 heteroatoms. The Morgan fingerprint density at radius 2 is 1.21 bits per heavy atom. The van der Waals surface area contributed by atoms with Crippen molar-refractivity contribution in [3.8, 4) is 0 Å². The van der Waals surface area contributed by atoms with E-state index in [1.54, 1.807) is 13.8 Å². The predicted octanol–water partition coefficient (Wildman–Crippen LogP) is 4.68. The van der Waals surface area contributed by atoms with Crippen molar-refractivity contribution < 1.29 is 70.1 Å². The van der Waals surface area contributed by atoms with Gasteiger partial charge in [0.25, 0.3) is 0 Å². The Kier molecular flexibility index (Phi) is 16.5. The second-order valence-corrected chi connectivity index (χ2v) is 13.7. The first kappa shape index (κ1) is 46.1. The van der Waals surface area contributed by atoms with E-state index in [4.69, 9.17) is 32.9 Å². The molecule has 0 saturated carbocycles. The predicted molar refractivity (Wildman–Crippen MR) is 199 cm³/mol. The maximum absolute atomic E-state index is 15.2. The molecular weight excluding hydrogens is 788 g/mol. The molecule has 0 aliphatic carbocycles. The average molecular weight is 837 g/mol. The first-order chi connectivity index (χ1) is 27.6. The fourth-order valence-electron chi connectivity index (χ4n) is 5.80. The molecule has 2 heterocycles. The van der Waals surface area contributed by atoms with Gasteiger partial charge in [-0.2, -0.15) is 5.01 Å². The third kappa shape index (κ3) is 9.97. The van der Waals surface area contributed by atoms with Gasteiger partial charge in [0, 0.05) is 17.0 Å². The molecule has 1 atom stereocenters. The zero-order valence-electron chi connectivity index (χ0n) is 33.6. The molecule has 1 aromatic carbocycles. The van der Waals surface area contributed by atoms with Crippen LogP contribution in [0.25, 0.3) is 0 Å². The fraction of sp³-hybridized carbons (Fsp3) is 0.472. The summed E-state index contributed by atoms with van der Waals surface area (Å²) in [6.45, 7) is 11.4. The molecule has 0 saturated heterocycles. The molecule has 3 rings (SSSR count). The summed E-state index contributed by atoms with van der Waals surface area (Å²) in [7, 11) is -5.15. The lowest BCUT2D eigenvalue weighted by Gasteiger charge is -2.41. The number of nitrogens with one attached hydrogen (secondary N) is 2. The molecule has 1 aliphatic rings. The zero-order chi connectivity index (χ0) is 43.3. The van der Waals surface area contributed by atoms with Crippen molar-refractivity contribution >= 4 is 46.1 Å². The van der Waals surface area contributed by atoms with Crippen LogP contribution in [0.2, 0.25) is 0 Å². The van der Waals surface area contributed by atoms with Crippen molar-refractivity contribution in [3.05, 3.63) is 69.9 Å². The average Bonchev–Trinajstić information content (AvgIpc) is 3.54. The smallest absolute Gasteiger partial charge is 0.450 e. The molecule has 318 valence electrons. The topological polar surface area (TPSA) is 252 Å². The van der Waals surface area contributed by atoms with E-state index in [2.05, 4.69) is 10.5 Å². The number of allylic oxidation sites excluding steroid dienone is 2. The van der Waals surface area contributed by atoms with Crippen LogP contribution in [0.4, 0.5) is 19.2 Å². The molecule has 1 aliphatic heterocycles. The van der Waals surface area contributed by atoms with Gasteiger partial charge in [-0.1, -0.05) is 33.6 Å². The van der Waals surface area contributed by atoms with E-state index in [-0.39, 0.29) is 75.5 Å². The highest BCUT2D eigenvalue weighted by Gasteiger charge is 2.53. The highest BCUT2D eigenvalue weighted by molar-refractivity contribution is 7.91. The number of benzene rings is 1. The van der Waals surface area contributed by atoms with Gasteiger partial charge in [-0.05, 0) is 74.4 Å². The number of carbonyl (C=O) groups is 6. The second-order valence-electron chi connectivity index (χ2n) is 11.7. The normalized spacial score (nSPS) is 13.4. The first-order valence-corrected chi connectivity index (χ1v) is 19.7. The Morgan fingerprint density at radius 3 is 1.71 bits per heavy atom. The summed E-state index contributed by atoms with van der Waals surface area (Å²) in [4.78, 5) is 82.2. The van der Waals surface area contributed by atoms with Gasteiger partial charge < -0.3 is 38.3 Å². The largest absolute Gasteiger partial charge is 0.463 e. The van der Waals surface area contributed by atoms with Gasteiger partial charge in [0.15, 0.2) is 5.76 Å². The molecule has 21 nitrogen and oxygen atoms in total. The quantitative estimate of drug-likeness (QED) is 0.158. The van der Waals surface area contributed by atoms with Crippen LogP contribution in [-0.2, 0) is 47.8 Å². The van der Waals surface area contributed by atoms with Gasteiger partial charge in [-0.15, -0.1) is 0 Å². The van der Waals surface area contributed by atoms with Gasteiger partial charge in [-0.3, -0.25) is 0 Å². The summed E-state index contributed by atoms with van der Waals surface area (Å²) in [6.07, 6.45) is -6.15. The number of aryl methyl sites for hydroxylation is 1. The Balaban J connectivity index is 2.67. The number of hydrogen-bond acceptors (Lipinski definition) is 17. The lowest BCUT2D eigenvalue weighted by Crippen LogP contribution is -2.66. The number of ether oxygens (including phenoxy) is 6. The Labute approximate surface area is 334 Å². The van der Waals surface area contributed by atoms with E-state index >= 15 is 8.42 Å². The monoisotopic (exact) mass is 836 g/mol. The highest BCUT2D eigenvalue weighted by atomic mass is 32.2. The summed E-state index contributed by atoms with van der Waals surface area (Å²) in [5.41, 5.74) is 1.59. The van der Waals surface area contributed by atoms with Crippen molar-refractivity contribution in [2.75, 3.05) is 39.6 Å². The van der Waals surface area contributed by atoms with Gasteiger partial charge in [0.2, 0.25) is 15.2 Å². The van der Waals surface area contributed by atoms with Crippen LogP contribution in [0.1, 0.15) is 83.7 Å². The molecule has 0 bridgehead atoms. The summed E-state index contributed by atoms with van der Waals surface area (Å²) in [5.74, 6) is -4.18. The molecule has 2 aromatic rings. The van der Waals surface area contributed by atoms with Crippen LogP contribution in [0, 0.1) is 6.92 Å². The van der Waals surface area contributed by atoms with Crippen molar-refractivity contribution in [2.45, 2.75) is 78.5 Å². The number of nitrogens with zero attached hydrogens (tertiary/aromatic N) is 4. The van der Waals surface area contributed by atoms with Crippen LogP contribution in [0.3, 0.4) is 0 Å². The summed E-state index contributed by atoms with van der Waals surface area (Å²) >= 11 is 0. The molecule has 0 radical (unpaired) electrons. The second kappa shape index (κ2) is 20.7. The van der Waals surface area contributed by atoms with E-state index in [9.17, 15) is 28.8 Å². The minimum atomic E-state index is -5.15. The molecule has 0 spiro atoms. The van der Waals surface area contributed by atoms with E-state index in [1.165, 1.54) is 66.7 Å². The van der Waals surface area contributed by atoms with Gasteiger partial charge in [0.1, 0.15) is 0 Å². The number of dihydropyridines is 1. The van der Waals surface area contributed by atoms with Crippen LogP contribution in [0.15, 0.2) is 62.3 Å². The van der Waals surface area contributed by atoms with Crippen molar-refractivity contribution in [3.63, 3.8) is 0 Å². The zero-order valence-corrected chi connectivity index (χ0v) is 34.4. The minimum Gasteiger partial charge on any atom is -0.463 e. The number of hydrogen-bond donors (Lipinski definition) is 2. The standard InChI is InChI=1S/C36H48N6O15S/c1-10-51-31(43)26-21(7)37-22(8)27(32(44)52-11-2)28(26)25-23(9)39-57-29(25)30(58(49,50)24-19-17-16-18-20-24)40(34(46)54-13-4)42(36(48)56-15-6)41(35(47)55-14-5)38-33(45)53-12-3/h16-20,28,30,37H,10-15H2,1-9H3,(H,38,45). The van der Waals surface area contributed by atoms with E-state index in [0.717, 1.165) is 12.1 Å². The van der Waals surface area contributed by atoms with Gasteiger partial charge >= 0.3 is 36.3 Å². The summed E-state index contributed by atoms with van der Waals surface area (Å²) in [5, 5.41) is 4.56. The van der Waals surface area contributed by atoms with Crippen LogP contribution < -0.4 is 10.7 Å². The Bertz CT molecular complexity index is 1970. The number of rotatable bonds is 13. The molecule has 2 N–H and O–H groups in total. The molecule has 4 amide bonds. The van der Waals surface area contributed by atoms with E-state index in [0.29, 0.717) is 0 Å². The number of amides is 4. The van der Waals surface area contributed by atoms with E-state index in [1.807, 2.05) is 5.43 Å². The van der Waals surface area contributed by atoms with Crippen LogP contribution in [-0.4, -0.2) is 105 Å². The fourth-order valence-corrected chi connectivity index (χ4v) is 7.49. The molecule has 0 fully saturated rings. The number of aromatic nitrogens is 1. The Hall–Kier alpha value is -6.32. The number of esters is 2. The molecule has 1 aromatic heterocycles. The highest BCUT2D eigenvalue weighted by Crippen LogP contribution is 2.46. The maximum Gasteiger partial charge on any atom is 0.450 e.